The average molecular weight is 273 g/mol. The van der Waals surface area contributed by atoms with E-state index in [4.69, 9.17) is 9.16 Å². The van der Waals surface area contributed by atoms with E-state index in [2.05, 4.69) is 46.1 Å². The second-order valence-corrected chi connectivity index (χ2v) is 11.9. The van der Waals surface area contributed by atoms with E-state index in [-0.39, 0.29) is 11.1 Å². The number of hydrogen-bond acceptors (Lipinski definition) is 3. The predicted molar refractivity (Wildman–Crippen MR) is 79.6 cm³/mol. The van der Waals surface area contributed by atoms with Gasteiger partial charge in [0.2, 0.25) is 0 Å². The molecule has 3 nitrogen and oxygen atoms in total. The minimum atomic E-state index is -1.47. The maximum absolute atomic E-state index is 6.11. The number of nitrogens with one attached hydrogen (secondary N) is 1. The summed E-state index contributed by atoms with van der Waals surface area (Å²) >= 11 is 0. The van der Waals surface area contributed by atoms with Crippen LogP contribution in [-0.4, -0.2) is 39.2 Å². The molecule has 1 rings (SSSR count). The predicted octanol–water partition coefficient (Wildman–Crippen LogP) is 3.16. The molecule has 1 fully saturated rings. The largest absolute Gasteiger partial charge is 0.420 e. The molecular weight excluding hydrogens is 242 g/mol. The highest BCUT2D eigenvalue weighted by Gasteiger charge is 2.38. The molecule has 0 spiro atoms. The summed E-state index contributed by atoms with van der Waals surface area (Å²) in [5.74, 6) is 0. The van der Waals surface area contributed by atoms with Crippen molar-refractivity contribution in [3.63, 3.8) is 0 Å². The Morgan fingerprint density at radius 2 is 1.61 bits per heavy atom. The van der Waals surface area contributed by atoms with Crippen molar-refractivity contribution >= 4 is 8.32 Å². The first-order valence-corrected chi connectivity index (χ1v) is 10.1. The maximum Gasteiger partial charge on any atom is 0.188 e. The summed E-state index contributed by atoms with van der Waals surface area (Å²) in [4.78, 5) is 0. The molecule has 1 heterocycles. The van der Waals surface area contributed by atoms with Crippen LogP contribution < -0.4 is 5.32 Å². The Kier molecular flexibility index (Phi) is 5.04. The molecule has 0 saturated carbocycles. The van der Waals surface area contributed by atoms with Crippen molar-refractivity contribution < 1.29 is 9.16 Å². The Balaban J connectivity index is 2.43. The summed E-state index contributed by atoms with van der Waals surface area (Å²) in [6.07, 6.45) is 2.55. The van der Waals surface area contributed by atoms with E-state index in [0.29, 0.717) is 6.10 Å². The molecular formula is C14H31NO2Si. The van der Waals surface area contributed by atoms with Crippen molar-refractivity contribution in [3.05, 3.63) is 0 Å². The molecule has 1 aliphatic heterocycles. The van der Waals surface area contributed by atoms with Crippen LogP contribution in [0.5, 0.6) is 0 Å². The highest BCUT2D eigenvalue weighted by atomic mass is 28.4. The fourth-order valence-electron chi connectivity index (χ4n) is 2.92. The van der Waals surface area contributed by atoms with Gasteiger partial charge in [0.1, 0.15) is 0 Å². The van der Waals surface area contributed by atoms with E-state index in [0.717, 1.165) is 25.5 Å². The monoisotopic (exact) mass is 273 g/mol. The van der Waals surface area contributed by atoms with Crippen molar-refractivity contribution in [1.82, 2.24) is 5.32 Å². The van der Waals surface area contributed by atoms with Crippen LogP contribution >= 0.6 is 0 Å². The first-order valence-electron chi connectivity index (χ1n) is 7.01. The van der Waals surface area contributed by atoms with Gasteiger partial charge in [-0.2, -0.15) is 0 Å². The summed E-state index contributed by atoms with van der Waals surface area (Å²) in [7, 11) is 0.349. The van der Waals surface area contributed by atoms with Crippen LogP contribution in [0.25, 0.3) is 0 Å². The molecule has 108 valence electrons. The third-order valence-electron chi connectivity index (χ3n) is 3.76. The molecule has 1 aliphatic rings. The van der Waals surface area contributed by atoms with E-state index >= 15 is 0 Å². The third-order valence-corrected chi connectivity index (χ3v) is 6.28. The second-order valence-electron chi connectivity index (χ2n) is 7.51. The van der Waals surface area contributed by atoms with Gasteiger partial charge in [-0.1, -0.05) is 0 Å². The number of ether oxygens (including phenoxy) is 1. The van der Waals surface area contributed by atoms with E-state index in [1.807, 2.05) is 7.11 Å². The van der Waals surface area contributed by atoms with Gasteiger partial charge in [0.25, 0.3) is 0 Å². The van der Waals surface area contributed by atoms with Crippen molar-refractivity contribution in [3.8, 4) is 0 Å². The lowest BCUT2D eigenvalue weighted by molar-refractivity contribution is -0.0170. The van der Waals surface area contributed by atoms with Gasteiger partial charge in [-0.05, 0) is 59.7 Å². The average Bonchev–Trinajstić information content (AvgIpc) is 2.12. The van der Waals surface area contributed by atoms with Crippen LogP contribution in [0.15, 0.2) is 0 Å². The third kappa shape index (κ3) is 5.39. The zero-order valence-electron chi connectivity index (χ0n) is 13.2. The Morgan fingerprint density at radius 3 is 2.06 bits per heavy atom. The number of piperidine rings is 1. The Labute approximate surface area is 114 Å². The zero-order valence-corrected chi connectivity index (χ0v) is 14.2. The highest BCUT2D eigenvalue weighted by Crippen LogP contribution is 2.30. The smallest absolute Gasteiger partial charge is 0.188 e. The summed E-state index contributed by atoms with van der Waals surface area (Å²) in [5, 5.41) is 3.68. The van der Waals surface area contributed by atoms with Gasteiger partial charge >= 0.3 is 0 Å². The molecule has 0 radical (unpaired) electrons. The Morgan fingerprint density at radius 1 is 1.11 bits per heavy atom. The molecule has 0 aromatic rings. The number of hydrogen-bond donors (Lipinski definition) is 1. The van der Waals surface area contributed by atoms with Crippen LogP contribution in [0.3, 0.4) is 0 Å². The summed E-state index contributed by atoms with van der Waals surface area (Å²) in [5.41, 5.74) is 0.335. The molecule has 0 aromatic heterocycles. The van der Waals surface area contributed by atoms with Crippen molar-refractivity contribution in [2.45, 2.75) is 76.9 Å². The van der Waals surface area contributed by atoms with E-state index < -0.39 is 8.32 Å². The van der Waals surface area contributed by atoms with Gasteiger partial charge in [0, 0.05) is 24.8 Å². The van der Waals surface area contributed by atoms with E-state index in [1.165, 1.54) is 0 Å². The topological polar surface area (TPSA) is 30.5 Å². The fourth-order valence-corrected chi connectivity index (χ4v) is 3.73. The normalized spacial score (nSPS) is 24.2. The Bertz CT molecular complexity index is 261. The van der Waals surface area contributed by atoms with E-state index in [1.54, 1.807) is 0 Å². The van der Waals surface area contributed by atoms with Crippen molar-refractivity contribution in [2.75, 3.05) is 13.7 Å². The van der Waals surface area contributed by atoms with Crippen LogP contribution in [0.1, 0.15) is 40.5 Å². The summed E-state index contributed by atoms with van der Waals surface area (Å²) in [6, 6.07) is 1.08. The summed E-state index contributed by atoms with van der Waals surface area (Å²) in [6.45, 7) is 14.4. The highest BCUT2D eigenvalue weighted by molar-refractivity contribution is 6.71. The first-order chi connectivity index (χ1) is 8.05. The lowest BCUT2D eigenvalue weighted by Gasteiger charge is -2.46. The molecule has 18 heavy (non-hydrogen) atoms. The van der Waals surface area contributed by atoms with E-state index in [9.17, 15) is 0 Å². The maximum atomic E-state index is 6.11. The van der Waals surface area contributed by atoms with Crippen LogP contribution in [0.2, 0.25) is 19.1 Å². The van der Waals surface area contributed by atoms with Crippen molar-refractivity contribution in [2.24, 2.45) is 0 Å². The number of rotatable bonds is 5. The lowest BCUT2D eigenvalue weighted by atomic mass is 9.81. The molecule has 0 bridgehead atoms. The van der Waals surface area contributed by atoms with Crippen LogP contribution in [0, 0.1) is 0 Å². The van der Waals surface area contributed by atoms with Gasteiger partial charge in [0.05, 0.1) is 6.10 Å². The minimum absolute atomic E-state index is 0.167. The second kappa shape index (κ2) is 5.61. The molecule has 0 amide bonds. The van der Waals surface area contributed by atoms with Crippen LogP contribution in [0.4, 0.5) is 0 Å². The van der Waals surface area contributed by atoms with Gasteiger partial charge in [-0.25, -0.2) is 0 Å². The molecule has 0 aliphatic carbocycles. The molecule has 0 aromatic carbocycles. The van der Waals surface area contributed by atoms with Crippen LogP contribution in [-0.2, 0) is 9.16 Å². The molecule has 4 heteroatoms. The van der Waals surface area contributed by atoms with Gasteiger partial charge in [-0.3, -0.25) is 0 Å². The summed E-state index contributed by atoms with van der Waals surface area (Å²) < 4.78 is 11.7. The quantitative estimate of drug-likeness (QED) is 0.781. The standard InChI is InChI=1S/C14H31NO2Si/c1-13(2)10-12(11-14(3,4)15-13)17-8-9-18(6,7)16-5/h12,15H,8-11H2,1-7H3. The molecule has 1 saturated heterocycles. The van der Waals surface area contributed by atoms with Crippen molar-refractivity contribution in [1.29, 1.82) is 0 Å². The lowest BCUT2D eigenvalue weighted by Crippen LogP contribution is -2.59. The fraction of sp³-hybridized carbons (Fsp3) is 1.00. The SMILES string of the molecule is CO[Si](C)(C)CCOC1CC(C)(C)NC(C)(C)C1. The first kappa shape index (κ1) is 16.2. The molecule has 0 atom stereocenters. The minimum Gasteiger partial charge on any atom is -0.420 e. The van der Waals surface area contributed by atoms with Gasteiger partial charge in [0.15, 0.2) is 8.32 Å². The molecule has 1 N–H and O–H groups in total. The van der Waals surface area contributed by atoms with Gasteiger partial charge in [-0.15, -0.1) is 0 Å². The molecule has 0 unspecified atom stereocenters. The van der Waals surface area contributed by atoms with Gasteiger partial charge < -0.3 is 14.5 Å². The zero-order chi connectivity index (χ0) is 14.0. The Hall–Kier alpha value is 0.0969.